The van der Waals surface area contributed by atoms with E-state index in [0.717, 1.165) is 19.3 Å². The van der Waals surface area contributed by atoms with Crippen molar-refractivity contribution in [2.24, 2.45) is 0 Å². The molecule has 3 rings (SSSR count). The molecule has 1 aliphatic rings. The smallest absolute Gasteiger partial charge is 0.254 e. The molecular formula is C13H14N4OS. The molecule has 0 unspecified atom stereocenters. The van der Waals surface area contributed by atoms with Crippen LogP contribution in [0.2, 0.25) is 0 Å². The van der Waals surface area contributed by atoms with Crippen molar-refractivity contribution in [3.63, 3.8) is 0 Å². The lowest BCUT2D eigenvalue weighted by atomic mass is 9.93. The van der Waals surface area contributed by atoms with Crippen molar-refractivity contribution in [1.82, 2.24) is 20.5 Å². The third-order valence-electron chi connectivity index (χ3n) is 3.41. The zero-order valence-corrected chi connectivity index (χ0v) is 11.1. The first kappa shape index (κ1) is 12.1. The molecule has 0 spiro atoms. The van der Waals surface area contributed by atoms with Gasteiger partial charge in [0, 0.05) is 17.9 Å². The largest absolute Gasteiger partial charge is 0.352 e. The summed E-state index contributed by atoms with van der Waals surface area (Å²) in [5.41, 5.74) is 2.90. The van der Waals surface area contributed by atoms with Gasteiger partial charge in [0.2, 0.25) is 0 Å². The highest BCUT2D eigenvalue weighted by Gasteiger charge is 2.22. The maximum Gasteiger partial charge on any atom is 0.254 e. The SMILES string of the molecule is O=C(N[C@H]1CCc2[nH]ncc2C1)c1ccc[nH]c1=S. The number of aromatic amines is 2. The molecule has 0 aliphatic heterocycles. The molecule has 5 nitrogen and oxygen atoms in total. The Balaban J connectivity index is 1.72. The summed E-state index contributed by atoms with van der Waals surface area (Å²) in [6.45, 7) is 0. The van der Waals surface area contributed by atoms with Crippen LogP contribution in [0.25, 0.3) is 0 Å². The van der Waals surface area contributed by atoms with Crippen molar-refractivity contribution in [1.29, 1.82) is 0 Å². The van der Waals surface area contributed by atoms with E-state index < -0.39 is 0 Å². The van der Waals surface area contributed by atoms with Crippen LogP contribution in [-0.4, -0.2) is 27.1 Å². The third-order valence-corrected chi connectivity index (χ3v) is 3.75. The van der Waals surface area contributed by atoms with E-state index >= 15 is 0 Å². The lowest BCUT2D eigenvalue weighted by Gasteiger charge is -2.22. The first-order valence-corrected chi connectivity index (χ1v) is 6.64. The molecule has 0 saturated heterocycles. The number of hydrogen-bond donors (Lipinski definition) is 3. The summed E-state index contributed by atoms with van der Waals surface area (Å²) >= 11 is 5.11. The Hall–Kier alpha value is -1.95. The number of nitrogens with one attached hydrogen (secondary N) is 3. The van der Waals surface area contributed by atoms with Crippen LogP contribution in [0.15, 0.2) is 24.5 Å². The van der Waals surface area contributed by atoms with E-state index in [0.29, 0.717) is 10.2 Å². The third kappa shape index (κ3) is 2.44. The molecular weight excluding hydrogens is 260 g/mol. The summed E-state index contributed by atoms with van der Waals surface area (Å²) in [6.07, 6.45) is 6.22. The maximum atomic E-state index is 12.2. The number of amides is 1. The van der Waals surface area contributed by atoms with Crippen LogP contribution in [0, 0.1) is 4.64 Å². The summed E-state index contributed by atoms with van der Waals surface area (Å²) in [5, 5.41) is 10.1. The maximum absolute atomic E-state index is 12.2. The predicted octanol–water partition coefficient (Wildman–Crippen LogP) is 1.75. The van der Waals surface area contributed by atoms with Crippen molar-refractivity contribution in [2.45, 2.75) is 25.3 Å². The van der Waals surface area contributed by atoms with Gasteiger partial charge in [-0.25, -0.2) is 0 Å². The number of carbonyl (C=O) groups excluding carboxylic acids is 1. The van der Waals surface area contributed by atoms with Crippen molar-refractivity contribution >= 4 is 18.1 Å². The van der Waals surface area contributed by atoms with Gasteiger partial charge in [-0.2, -0.15) is 5.10 Å². The molecule has 1 atom stereocenters. The van der Waals surface area contributed by atoms with Crippen LogP contribution in [0.1, 0.15) is 28.0 Å². The Morgan fingerprint density at radius 2 is 2.42 bits per heavy atom. The van der Waals surface area contributed by atoms with Gasteiger partial charge in [-0.3, -0.25) is 9.89 Å². The molecule has 6 heteroatoms. The number of fused-ring (bicyclic) bond motifs is 1. The van der Waals surface area contributed by atoms with Gasteiger partial charge in [0.05, 0.1) is 11.8 Å². The van der Waals surface area contributed by atoms with E-state index in [1.165, 1.54) is 11.3 Å². The van der Waals surface area contributed by atoms with Gasteiger partial charge >= 0.3 is 0 Å². The van der Waals surface area contributed by atoms with Crippen LogP contribution >= 0.6 is 12.2 Å². The van der Waals surface area contributed by atoms with Crippen molar-refractivity contribution in [2.75, 3.05) is 0 Å². The number of hydrogen-bond acceptors (Lipinski definition) is 3. The molecule has 0 bridgehead atoms. The Kier molecular flexibility index (Phi) is 3.16. The number of H-pyrrole nitrogens is 2. The minimum Gasteiger partial charge on any atom is -0.352 e. The summed E-state index contributed by atoms with van der Waals surface area (Å²) in [5.74, 6) is -0.112. The van der Waals surface area contributed by atoms with Crippen LogP contribution < -0.4 is 5.32 Å². The monoisotopic (exact) mass is 274 g/mol. The Bertz CT molecular complexity index is 660. The molecule has 2 heterocycles. The lowest BCUT2D eigenvalue weighted by molar-refractivity contribution is 0.0932. The van der Waals surface area contributed by atoms with Crippen molar-refractivity contribution < 1.29 is 4.79 Å². The Labute approximate surface area is 115 Å². The van der Waals surface area contributed by atoms with E-state index in [1.807, 2.05) is 6.20 Å². The van der Waals surface area contributed by atoms with E-state index in [-0.39, 0.29) is 11.9 Å². The lowest BCUT2D eigenvalue weighted by Crippen LogP contribution is -2.38. The molecule has 0 radical (unpaired) electrons. The normalized spacial score (nSPS) is 17.8. The number of aryl methyl sites for hydroxylation is 1. The number of nitrogens with zero attached hydrogens (tertiary/aromatic N) is 1. The van der Waals surface area contributed by atoms with Gasteiger partial charge in [0.15, 0.2) is 0 Å². The molecule has 19 heavy (non-hydrogen) atoms. The van der Waals surface area contributed by atoms with Gasteiger partial charge in [-0.15, -0.1) is 0 Å². The Morgan fingerprint density at radius 1 is 1.53 bits per heavy atom. The number of rotatable bonds is 2. The van der Waals surface area contributed by atoms with Gasteiger partial charge in [0.1, 0.15) is 4.64 Å². The molecule has 2 aromatic rings. The second-order valence-corrected chi connectivity index (χ2v) is 5.11. The summed E-state index contributed by atoms with van der Waals surface area (Å²) < 4.78 is 0.472. The van der Waals surface area contributed by atoms with Gasteiger partial charge in [-0.05, 0) is 37.0 Å². The second kappa shape index (κ2) is 4.97. The first-order valence-electron chi connectivity index (χ1n) is 6.24. The quantitative estimate of drug-likeness (QED) is 0.730. The summed E-state index contributed by atoms with van der Waals surface area (Å²) in [6, 6.07) is 3.66. The molecule has 3 N–H and O–H groups in total. The minimum atomic E-state index is -0.112. The molecule has 0 fully saturated rings. The molecule has 1 aliphatic carbocycles. The van der Waals surface area contributed by atoms with Gasteiger partial charge in [-0.1, -0.05) is 12.2 Å². The fourth-order valence-corrected chi connectivity index (χ4v) is 2.63. The van der Waals surface area contributed by atoms with Crippen LogP contribution in [0.3, 0.4) is 0 Å². The molecule has 2 aromatic heterocycles. The number of carbonyl (C=O) groups is 1. The second-order valence-electron chi connectivity index (χ2n) is 4.70. The highest BCUT2D eigenvalue weighted by Crippen LogP contribution is 2.19. The minimum absolute atomic E-state index is 0.112. The summed E-state index contributed by atoms with van der Waals surface area (Å²) in [7, 11) is 0. The van der Waals surface area contributed by atoms with E-state index in [1.54, 1.807) is 18.3 Å². The fraction of sp³-hybridized carbons (Fsp3) is 0.308. The first-order chi connectivity index (χ1) is 9.24. The van der Waals surface area contributed by atoms with Crippen molar-refractivity contribution in [3.05, 3.63) is 46.0 Å². The molecule has 0 saturated carbocycles. The zero-order valence-electron chi connectivity index (χ0n) is 10.3. The molecule has 98 valence electrons. The van der Waals surface area contributed by atoms with E-state index in [9.17, 15) is 4.79 Å². The molecule has 1 amide bonds. The zero-order chi connectivity index (χ0) is 13.2. The number of pyridine rings is 1. The van der Waals surface area contributed by atoms with E-state index in [4.69, 9.17) is 12.2 Å². The van der Waals surface area contributed by atoms with Crippen LogP contribution in [0.5, 0.6) is 0 Å². The highest BCUT2D eigenvalue weighted by molar-refractivity contribution is 7.71. The summed E-state index contributed by atoms with van der Waals surface area (Å²) in [4.78, 5) is 15.0. The fourth-order valence-electron chi connectivity index (χ4n) is 2.40. The van der Waals surface area contributed by atoms with Gasteiger partial charge < -0.3 is 10.3 Å². The van der Waals surface area contributed by atoms with Crippen molar-refractivity contribution in [3.8, 4) is 0 Å². The van der Waals surface area contributed by atoms with Gasteiger partial charge in [0.25, 0.3) is 5.91 Å². The van der Waals surface area contributed by atoms with Crippen LogP contribution in [-0.2, 0) is 12.8 Å². The standard InChI is InChI=1S/C13H14N4OS/c18-12(10-2-1-5-14-13(10)19)16-9-3-4-11-8(6-9)7-15-17-11/h1-2,5,7,9H,3-4,6H2,(H,14,19)(H,15,17)(H,16,18)/t9-/m0/s1. The van der Waals surface area contributed by atoms with E-state index in [2.05, 4.69) is 20.5 Å². The predicted molar refractivity (Wildman–Crippen MR) is 73.5 cm³/mol. The average molecular weight is 274 g/mol. The topological polar surface area (TPSA) is 73.6 Å². The van der Waals surface area contributed by atoms with Crippen LogP contribution in [0.4, 0.5) is 0 Å². The average Bonchev–Trinajstić information content (AvgIpc) is 2.86. The Morgan fingerprint density at radius 3 is 3.26 bits per heavy atom. The highest BCUT2D eigenvalue weighted by atomic mass is 32.1. The molecule has 0 aromatic carbocycles. The number of aromatic nitrogens is 3.